The average molecular weight is 362 g/mol. The smallest absolute Gasteiger partial charge is 0.411 e. The van der Waals surface area contributed by atoms with Gasteiger partial charge in [-0.2, -0.15) is 13.2 Å². The summed E-state index contributed by atoms with van der Waals surface area (Å²) in [4.78, 5) is 25.2. The Kier molecular flexibility index (Phi) is 4.70. The minimum atomic E-state index is -4.42. The summed E-state index contributed by atoms with van der Waals surface area (Å²) in [5.74, 6) is -1.45. The van der Waals surface area contributed by atoms with Gasteiger partial charge in [0.2, 0.25) is 0 Å². The van der Waals surface area contributed by atoms with Crippen molar-refractivity contribution >= 4 is 23.1 Å². The highest BCUT2D eigenvalue weighted by Gasteiger charge is 2.37. The van der Waals surface area contributed by atoms with Crippen molar-refractivity contribution in [3.63, 3.8) is 0 Å². The van der Waals surface area contributed by atoms with E-state index in [2.05, 4.69) is 4.74 Å². The van der Waals surface area contributed by atoms with Gasteiger partial charge in [-0.1, -0.05) is 0 Å². The van der Waals surface area contributed by atoms with E-state index in [4.69, 9.17) is 0 Å². The fourth-order valence-corrected chi connectivity index (χ4v) is 4.52. The number of ether oxygens (including phenoxy) is 1. The first-order valence-corrected chi connectivity index (χ1v) is 8.64. The zero-order valence-corrected chi connectivity index (χ0v) is 13.6. The lowest BCUT2D eigenvalue weighted by atomic mass is 9.86. The maximum Gasteiger partial charge on any atom is 0.411 e. The zero-order valence-electron chi connectivity index (χ0n) is 12.8. The number of carbonyl (C=O) groups excluding carboxylic acids is 1. The van der Waals surface area contributed by atoms with Crippen molar-refractivity contribution in [2.24, 2.45) is 11.8 Å². The normalized spacial score (nSPS) is 21.0. The fourth-order valence-electron chi connectivity index (χ4n) is 3.04. The maximum atomic E-state index is 12.5. The Morgan fingerprint density at radius 2 is 2.00 bits per heavy atom. The monoisotopic (exact) mass is 362 g/mol. The molecule has 1 unspecified atom stereocenters. The number of ketones is 1. The molecule has 1 aromatic heterocycles. The van der Waals surface area contributed by atoms with Crippen molar-refractivity contribution < 1.29 is 32.6 Å². The summed E-state index contributed by atoms with van der Waals surface area (Å²) in [7, 11) is 0. The second-order valence-electron chi connectivity index (χ2n) is 6.39. The molecule has 0 saturated heterocycles. The van der Waals surface area contributed by atoms with Gasteiger partial charge in [-0.05, 0) is 43.6 Å². The molecule has 0 aliphatic heterocycles. The Morgan fingerprint density at radius 1 is 1.29 bits per heavy atom. The van der Waals surface area contributed by atoms with E-state index in [-0.39, 0.29) is 18.0 Å². The second kappa shape index (κ2) is 6.48. The number of Topliss-reactive ketones (excluding diaryl/α,β-unsaturated/α-hetero) is 1. The van der Waals surface area contributed by atoms with Crippen LogP contribution in [0, 0.1) is 11.8 Å². The molecular weight excluding hydrogens is 345 g/mol. The molecule has 0 radical (unpaired) electrons. The molecule has 2 aliphatic rings. The van der Waals surface area contributed by atoms with E-state index < -0.39 is 24.7 Å². The molecule has 3 rings (SSSR count). The van der Waals surface area contributed by atoms with Crippen LogP contribution < -0.4 is 0 Å². The van der Waals surface area contributed by atoms with Gasteiger partial charge in [-0.25, -0.2) is 4.79 Å². The number of carboxylic acids is 1. The van der Waals surface area contributed by atoms with Crippen LogP contribution in [0.2, 0.25) is 0 Å². The Balaban J connectivity index is 1.76. The summed E-state index contributed by atoms with van der Waals surface area (Å²) in [5.41, 5.74) is 0.796. The van der Waals surface area contributed by atoms with E-state index in [1.165, 1.54) is 11.3 Å². The molecule has 2 aliphatic carbocycles. The van der Waals surface area contributed by atoms with Gasteiger partial charge in [0.25, 0.3) is 0 Å². The van der Waals surface area contributed by atoms with Crippen molar-refractivity contribution in [3.05, 3.63) is 20.9 Å². The largest absolute Gasteiger partial charge is 0.478 e. The van der Waals surface area contributed by atoms with Gasteiger partial charge >= 0.3 is 12.1 Å². The molecule has 1 saturated carbocycles. The number of thiophene rings is 1. The number of fused-ring (bicyclic) bond motifs is 1. The Hall–Kier alpha value is -1.41. The van der Waals surface area contributed by atoms with Gasteiger partial charge in [-0.3, -0.25) is 4.79 Å². The van der Waals surface area contributed by atoms with Crippen molar-refractivity contribution in [3.8, 4) is 0 Å². The predicted octanol–water partition coefficient (Wildman–Crippen LogP) is 3.72. The van der Waals surface area contributed by atoms with E-state index in [1.54, 1.807) is 0 Å². The van der Waals surface area contributed by atoms with Crippen LogP contribution in [0.25, 0.3) is 0 Å². The van der Waals surface area contributed by atoms with Gasteiger partial charge in [0.15, 0.2) is 5.78 Å². The number of carbonyl (C=O) groups is 2. The summed E-state index contributed by atoms with van der Waals surface area (Å²) < 4.78 is 41.1. The molecule has 24 heavy (non-hydrogen) atoms. The molecular formula is C16H17F3O4S. The lowest BCUT2D eigenvalue weighted by Crippen LogP contribution is -2.28. The molecule has 4 nitrogen and oxygen atoms in total. The highest BCUT2D eigenvalue weighted by Crippen LogP contribution is 2.41. The van der Waals surface area contributed by atoms with Crippen LogP contribution in [0.15, 0.2) is 0 Å². The number of rotatable bonds is 6. The number of aromatic carboxylic acids is 1. The summed E-state index contributed by atoms with van der Waals surface area (Å²) in [6.07, 6.45) is -0.887. The SMILES string of the molecule is O=C(O)c1c(CC2CC2)sc2c1CCC(COCC(F)(F)F)C2=O. The van der Waals surface area contributed by atoms with Crippen LogP contribution in [-0.2, 0) is 17.6 Å². The zero-order chi connectivity index (χ0) is 17.5. The van der Waals surface area contributed by atoms with Gasteiger partial charge < -0.3 is 9.84 Å². The molecule has 132 valence electrons. The first-order valence-electron chi connectivity index (χ1n) is 7.82. The van der Waals surface area contributed by atoms with E-state index in [9.17, 15) is 27.9 Å². The van der Waals surface area contributed by atoms with Crippen LogP contribution in [0.3, 0.4) is 0 Å². The van der Waals surface area contributed by atoms with Gasteiger partial charge in [0.1, 0.15) is 6.61 Å². The third-order valence-electron chi connectivity index (χ3n) is 4.39. The predicted molar refractivity (Wildman–Crippen MR) is 80.7 cm³/mol. The summed E-state index contributed by atoms with van der Waals surface area (Å²) in [6.45, 7) is -1.66. The van der Waals surface area contributed by atoms with Crippen LogP contribution in [0.1, 0.15) is 49.7 Å². The second-order valence-corrected chi connectivity index (χ2v) is 7.50. The number of hydrogen-bond donors (Lipinski definition) is 1. The van der Waals surface area contributed by atoms with E-state index in [0.717, 1.165) is 17.7 Å². The van der Waals surface area contributed by atoms with Crippen molar-refractivity contribution in [2.45, 2.75) is 38.3 Å². The molecule has 0 amide bonds. The molecule has 8 heteroatoms. The minimum absolute atomic E-state index is 0.241. The Bertz CT molecular complexity index is 661. The number of carboxylic acid groups (broad SMARTS) is 1. The minimum Gasteiger partial charge on any atom is -0.478 e. The van der Waals surface area contributed by atoms with Crippen LogP contribution in [0.4, 0.5) is 13.2 Å². The standard InChI is InChI=1S/C16H17F3O4S/c17-16(18,19)7-23-6-9-3-4-10-12(15(21)22)11(5-8-1-2-8)24-14(10)13(9)20/h8-9H,1-7H2,(H,21,22). The van der Waals surface area contributed by atoms with Gasteiger partial charge in [0, 0.05) is 10.8 Å². The van der Waals surface area contributed by atoms with Crippen molar-refractivity contribution in [1.82, 2.24) is 0 Å². The van der Waals surface area contributed by atoms with E-state index in [1.807, 2.05) is 0 Å². The lowest BCUT2D eigenvalue weighted by Gasteiger charge is -2.21. The molecule has 1 N–H and O–H groups in total. The third kappa shape index (κ3) is 3.80. The van der Waals surface area contributed by atoms with Crippen molar-refractivity contribution in [1.29, 1.82) is 0 Å². The van der Waals surface area contributed by atoms with Crippen molar-refractivity contribution in [2.75, 3.05) is 13.2 Å². The molecule has 0 spiro atoms. The average Bonchev–Trinajstić information content (AvgIpc) is 3.19. The fraction of sp³-hybridized carbons (Fsp3) is 0.625. The first kappa shape index (κ1) is 17.4. The topological polar surface area (TPSA) is 63.6 Å². The third-order valence-corrected chi connectivity index (χ3v) is 5.66. The number of alkyl halides is 3. The van der Waals surface area contributed by atoms with Crippen LogP contribution in [-0.4, -0.2) is 36.2 Å². The van der Waals surface area contributed by atoms with Gasteiger partial charge in [-0.15, -0.1) is 11.3 Å². The summed E-state index contributed by atoms with van der Waals surface area (Å²) in [6, 6.07) is 0. The Morgan fingerprint density at radius 3 is 2.58 bits per heavy atom. The summed E-state index contributed by atoms with van der Waals surface area (Å²) in [5, 5.41) is 9.47. The molecule has 1 fully saturated rings. The lowest BCUT2D eigenvalue weighted by molar-refractivity contribution is -0.175. The highest BCUT2D eigenvalue weighted by atomic mass is 32.1. The molecule has 1 heterocycles. The van der Waals surface area contributed by atoms with E-state index in [0.29, 0.717) is 35.6 Å². The molecule has 1 atom stereocenters. The number of halogens is 3. The van der Waals surface area contributed by atoms with E-state index >= 15 is 0 Å². The molecule has 0 bridgehead atoms. The Labute approximate surface area is 140 Å². The van der Waals surface area contributed by atoms with Crippen LogP contribution >= 0.6 is 11.3 Å². The summed E-state index contributed by atoms with van der Waals surface area (Å²) >= 11 is 1.20. The quantitative estimate of drug-likeness (QED) is 0.838. The number of hydrogen-bond acceptors (Lipinski definition) is 4. The van der Waals surface area contributed by atoms with Crippen LogP contribution in [0.5, 0.6) is 0 Å². The highest BCUT2D eigenvalue weighted by molar-refractivity contribution is 7.14. The molecule has 1 aromatic rings. The van der Waals surface area contributed by atoms with Gasteiger partial charge in [0.05, 0.1) is 17.0 Å². The maximum absolute atomic E-state index is 12.5. The first-order chi connectivity index (χ1) is 11.3. The molecule has 0 aromatic carbocycles.